The van der Waals surface area contributed by atoms with Crippen LogP contribution in [0.5, 0.6) is 0 Å². The minimum atomic E-state index is 0.676. The molecular formula is C10H16O. The third-order valence-corrected chi connectivity index (χ3v) is 2.29. The van der Waals surface area contributed by atoms with Crippen LogP contribution >= 0.6 is 0 Å². The largest absolute Gasteiger partial charge is 0.516 e. The molecule has 1 aliphatic carbocycles. The summed E-state index contributed by atoms with van der Waals surface area (Å²) >= 11 is 0. The Morgan fingerprint density at radius 2 is 2.18 bits per heavy atom. The lowest BCUT2D eigenvalue weighted by Gasteiger charge is -2.17. The van der Waals surface area contributed by atoms with Crippen molar-refractivity contribution in [2.45, 2.75) is 33.1 Å². The average molecular weight is 152 g/mol. The van der Waals surface area contributed by atoms with Crippen molar-refractivity contribution in [1.29, 1.82) is 0 Å². The predicted molar refractivity (Wildman–Crippen MR) is 47.5 cm³/mol. The highest BCUT2D eigenvalue weighted by Crippen LogP contribution is 2.26. The second-order valence-electron chi connectivity index (χ2n) is 3.43. The summed E-state index contributed by atoms with van der Waals surface area (Å²) in [5.41, 5.74) is 2.70. The Morgan fingerprint density at radius 3 is 2.55 bits per heavy atom. The van der Waals surface area contributed by atoms with Crippen LogP contribution in [0.1, 0.15) is 33.1 Å². The molecule has 0 aromatic carbocycles. The van der Waals surface area contributed by atoms with Crippen molar-refractivity contribution in [1.82, 2.24) is 0 Å². The van der Waals surface area contributed by atoms with Crippen molar-refractivity contribution in [3.8, 4) is 0 Å². The Morgan fingerprint density at radius 1 is 1.45 bits per heavy atom. The fourth-order valence-corrected chi connectivity index (χ4v) is 1.41. The Hall–Kier alpha value is -0.720. The lowest BCUT2D eigenvalue weighted by Crippen LogP contribution is -2.00. The molecule has 0 aromatic heterocycles. The highest BCUT2D eigenvalue weighted by atomic mass is 16.2. The van der Waals surface area contributed by atoms with Gasteiger partial charge in [-0.05, 0) is 30.8 Å². The summed E-state index contributed by atoms with van der Waals surface area (Å²) in [5, 5.41) is 8.72. The molecule has 0 amide bonds. The molecule has 1 N–H and O–H groups in total. The molecule has 0 fully saturated rings. The van der Waals surface area contributed by atoms with Crippen LogP contribution in [0.2, 0.25) is 0 Å². The van der Waals surface area contributed by atoms with Crippen molar-refractivity contribution in [2.75, 3.05) is 0 Å². The van der Waals surface area contributed by atoms with Crippen LogP contribution in [0.15, 0.2) is 23.5 Å². The van der Waals surface area contributed by atoms with Gasteiger partial charge in [0.25, 0.3) is 0 Å². The van der Waals surface area contributed by atoms with E-state index in [1.807, 2.05) is 0 Å². The van der Waals surface area contributed by atoms with E-state index in [9.17, 15) is 0 Å². The zero-order valence-corrected chi connectivity index (χ0v) is 7.30. The summed E-state index contributed by atoms with van der Waals surface area (Å²) in [6.45, 7) is 4.44. The summed E-state index contributed by atoms with van der Waals surface area (Å²) in [4.78, 5) is 0. The van der Waals surface area contributed by atoms with Gasteiger partial charge in [-0.3, -0.25) is 0 Å². The van der Waals surface area contributed by atoms with E-state index in [1.54, 1.807) is 0 Å². The first-order valence-electron chi connectivity index (χ1n) is 4.25. The van der Waals surface area contributed by atoms with E-state index in [4.69, 9.17) is 5.11 Å². The molecule has 0 aliphatic heterocycles. The van der Waals surface area contributed by atoms with Crippen molar-refractivity contribution >= 4 is 0 Å². The smallest absolute Gasteiger partial charge is 0.0786 e. The van der Waals surface area contributed by atoms with Gasteiger partial charge in [0, 0.05) is 0 Å². The van der Waals surface area contributed by atoms with Crippen molar-refractivity contribution in [3.05, 3.63) is 23.5 Å². The normalized spacial score (nSPS) is 22.5. The van der Waals surface area contributed by atoms with E-state index in [0.29, 0.717) is 5.92 Å². The van der Waals surface area contributed by atoms with Crippen LogP contribution in [0.3, 0.4) is 0 Å². The monoisotopic (exact) mass is 152 g/mol. The summed E-state index contributed by atoms with van der Waals surface area (Å²) < 4.78 is 0. The maximum absolute atomic E-state index is 8.72. The van der Waals surface area contributed by atoms with Gasteiger partial charge in [-0.25, -0.2) is 0 Å². The quantitative estimate of drug-likeness (QED) is 0.452. The van der Waals surface area contributed by atoms with Gasteiger partial charge in [0.1, 0.15) is 0 Å². The lowest BCUT2D eigenvalue weighted by molar-refractivity contribution is 0.460. The van der Waals surface area contributed by atoms with Crippen LogP contribution < -0.4 is 0 Å². The predicted octanol–water partition coefficient (Wildman–Crippen LogP) is 3.19. The van der Waals surface area contributed by atoms with Crippen molar-refractivity contribution in [2.24, 2.45) is 5.92 Å². The molecule has 0 saturated heterocycles. The molecule has 0 atom stereocenters. The van der Waals surface area contributed by atoms with Crippen LogP contribution in [-0.4, -0.2) is 5.11 Å². The van der Waals surface area contributed by atoms with Gasteiger partial charge in [0.15, 0.2) is 0 Å². The zero-order valence-electron chi connectivity index (χ0n) is 7.30. The molecule has 1 rings (SSSR count). The van der Waals surface area contributed by atoms with E-state index in [0.717, 1.165) is 24.8 Å². The van der Waals surface area contributed by atoms with Gasteiger partial charge < -0.3 is 5.11 Å². The van der Waals surface area contributed by atoms with E-state index < -0.39 is 0 Å². The maximum atomic E-state index is 8.72. The second kappa shape index (κ2) is 3.61. The fourth-order valence-electron chi connectivity index (χ4n) is 1.41. The maximum Gasteiger partial charge on any atom is 0.0786 e. The summed E-state index contributed by atoms with van der Waals surface area (Å²) in [6.07, 6.45) is 6.62. The highest BCUT2D eigenvalue weighted by molar-refractivity contribution is 5.18. The summed E-state index contributed by atoms with van der Waals surface area (Å²) in [6, 6.07) is 0. The molecule has 1 nitrogen and oxygen atoms in total. The topological polar surface area (TPSA) is 20.2 Å². The SMILES string of the molecule is CC(C)C1=CCC(=CO)CC1. The first-order chi connectivity index (χ1) is 5.24. The molecular weight excluding hydrogens is 136 g/mol. The van der Waals surface area contributed by atoms with Gasteiger partial charge in [-0.2, -0.15) is 0 Å². The minimum absolute atomic E-state index is 0.676. The van der Waals surface area contributed by atoms with Crippen LogP contribution in [0.25, 0.3) is 0 Å². The molecule has 0 unspecified atom stereocenters. The average Bonchev–Trinajstić information content (AvgIpc) is 2.05. The number of hydrogen-bond donors (Lipinski definition) is 1. The van der Waals surface area contributed by atoms with Gasteiger partial charge >= 0.3 is 0 Å². The molecule has 0 heterocycles. The molecule has 62 valence electrons. The molecule has 0 aromatic rings. The zero-order chi connectivity index (χ0) is 8.27. The molecule has 11 heavy (non-hydrogen) atoms. The Labute approximate surface area is 68.4 Å². The molecule has 0 radical (unpaired) electrons. The van der Waals surface area contributed by atoms with Gasteiger partial charge in [-0.1, -0.05) is 25.5 Å². The fraction of sp³-hybridized carbons (Fsp3) is 0.600. The van der Waals surface area contributed by atoms with Crippen molar-refractivity contribution in [3.63, 3.8) is 0 Å². The van der Waals surface area contributed by atoms with Crippen molar-refractivity contribution < 1.29 is 5.11 Å². The Kier molecular flexibility index (Phi) is 2.75. The number of allylic oxidation sites excluding steroid dienone is 3. The first kappa shape index (κ1) is 8.38. The third-order valence-electron chi connectivity index (χ3n) is 2.29. The van der Waals surface area contributed by atoms with Gasteiger partial charge in [0.2, 0.25) is 0 Å². The Bertz CT molecular complexity index is 187. The van der Waals surface area contributed by atoms with Gasteiger partial charge in [-0.15, -0.1) is 0 Å². The molecule has 1 heteroatoms. The summed E-state index contributed by atoms with van der Waals surface area (Å²) in [5.74, 6) is 0.676. The van der Waals surface area contributed by atoms with Crippen LogP contribution in [0, 0.1) is 5.92 Å². The minimum Gasteiger partial charge on any atom is -0.516 e. The van der Waals surface area contributed by atoms with E-state index in [-0.39, 0.29) is 0 Å². The van der Waals surface area contributed by atoms with E-state index in [2.05, 4.69) is 19.9 Å². The third kappa shape index (κ3) is 2.11. The Balaban J connectivity index is 2.57. The van der Waals surface area contributed by atoms with E-state index >= 15 is 0 Å². The molecule has 1 aliphatic rings. The van der Waals surface area contributed by atoms with Crippen LogP contribution in [0.4, 0.5) is 0 Å². The second-order valence-corrected chi connectivity index (χ2v) is 3.43. The molecule has 0 bridgehead atoms. The highest BCUT2D eigenvalue weighted by Gasteiger charge is 2.09. The number of aliphatic hydroxyl groups excluding tert-OH is 1. The molecule has 0 saturated carbocycles. The number of aliphatic hydroxyl groups is 1. The first-order valence-corrected chi connectivity index (χ1v) is 4.25. The molecule has 0 spiro atoms. The summed E-state index contributed by atoms with van der Waals surface area (Å²) in [7, 11) is 0. The number of hydrogen-bond acceptors (Lipinski definition) is 1. The lowest BCUT2D eigenvalue weighted by atomic mass is 9.89. The van der Waals surface area contributed by atoms with Gasteiger partial charge in [0.05, 0.1) is 6.26 Å². The standard InChI is InChI=1S/C10H16O/c1-8(2)10-5-3-9(7-11)4-6-10/h5,7-8,11H,3-4,6H2,1-2H3. The van der Waals surface area contributed by atoms with Crippen LogP contribution in [-0.2, 0) is 0 Å². The van der Waals surface area contributed by atoms with E-state index in [1.165, 1.54) is 11.8 Å². The number of rotatable bonds is 1.